The smallest absolute Gasteiger partial charge is 0.264 e. The van der Waals surface area contributed by atoms with Crippen molar-refractivity contribution in [2.75, 3.05) is 10.0 Å². The van der Waals surface area contributed by atoms with Crippen LogP contribution in [0.25, 0.3) is 0 Å². The fraction of sp³-hybridized carbons (Fsp3) is 0.346. The van der Waals surface area contributed by atoms with E-state index in [0.717, 1.165) is 12.1 Å². The van der Waals surface area contributed by atoms with Crippen LogP contribution in [0.5, 0.6) is 0 Å². The average molecular weight is 539 g/mol. The highest BCUT2D eigenvalue weighted by molar-refractivity contribution is 8.00. The van der Waals surface area contributed by atoms with Crippen molar-refractivity contribution in [1.29, 1.82) is 5.26 Å². The van der Waals surface area contributed by atoms with E-state index in [1.54, 1.807) is 26.0 Å². The lowest BCUT2D eigenvalue weighted by Crippen LogP contribution is -2.25. The van der Waals surface area contributed by atoms with Gasteiger partial charge in [-0.3, -0.25) is 4.79 Å². The second kappa shape index (κ2) is 12.2. The Hall–Kier alpha value is -3.49. The van der Waals surface area contributed by atoms with Gasteiger partial charge in [-0.1, -0.05) is 32.5 Å². The van der Waals surface area contributed by atoms with Crippen LogP contribution in [0.1, 0.15) is 49.8 Å². The lowest BCUT2D eigenvalue weighted by atomic mass is 10.1. The van der Waals surface area contributed by atoms with E-state index in [4.69, 9.17) is 0 Å². The predicted molar refractivity (Wildman–Crippen MR) is 145 cm³/mol. The van der Waals surface area contributed by atoms with Gasteiger partial charge in [-0.05, 0) is 75.1 Å². The molecule has 9 nitrogen and oxygen atoms in total. The van der Waals surface area contributed by atoms with Crippen molar-refractivity contribution in [1.82, 2.24) is 15.0 Å². The summed E-state index contributed by atoms with van der Waals surface area (Å²) < 4.78 is 27.9. The van der Waals surface area contributed by atoms with Gasteiger partial charge in [-0.2, -0.15) is 5.26 Å². The summed E-state index contributed by atoms with van der Waals surface area (Å²) >= 11 is 1.25. The minimum absolute atomic E-state index is 0.000466. The summed E-state index contributed by atoms with van der Waals surface area (Å²) in [5.74, 6) is 0.157. The van der Waals surface area contributed by atoms with Crippen LogP contribution in [-0.2, 0) is 21.2 Å². The van der Waals surface area contributed by atoms with E-state index in [2.05, 4.69) is 44.9 Å². The Morgan fingerprint density at radius 3 is 2.27 bits per heavy atom. The third-order valence-corrected chi connectivity index (χ3v) is 7.92. The highest BCUT2D eigenvalue weighted by Gasteiger charge is 2.22. The molecule has 1 amide bonds. The first-order valence-corrected chi connectivity index (χ1v) is 14.2. The summed E-state index contributed by atoms with van der Waals surface area (Å²) in [6.07, 6.45) is 1.30. The van der Waals surface area contributed by atoms with Gasteiger partial charge in [0.15, 0.2) is 0 Å². The van der Waals surface area contributed by atoms with E-state index in [1.165, 1.54) is 36.0 Å². The number of thioether (sulfide) groups is 1. The van der Waals surface area contributed by atoms with Crippen LogP contribution in [0.4, 0.5) is 11.6 Å². The van der Waals surface area contributed by atoms with E-state index in [1.807, 2.05) is 13.0 Å². The van der Waals surface area contributed by atoms with Crippen LogP contribution < -0.4 is 10.0 Å². The number of nitrogens with zero attached hydrogens (tertiary/aromatic N) is 4. The molecule has 0 saturated carbocycles. The van der Waals surface area contributed by atoms with Gasteiger partial charge in [0.1, 0.15) is 11.1 Å². The minimum atomic E-state index is -3.91. The first-order valence-electron chi connectivity index (χ1n) is 11.8. The number of nitrogens with one attached hydrogen (secondary N) is 2. The molecule has 1 unspecified atom stereocenters. The molecular weight excluding hydrogens is 508 g/mol. The van der Waals surface area contributed by atoms with Gasteiger partial charge >= 0.3 is 0 Å². The van der Waals surface area contributed by atoms with Gasteiger partial charge in [0.2, 0.25) is 11.9 Å². The fourth-order valence-corrected chi connectivity index (χ4v) is 5.49. The third-order valence-electron chi connectivity index (χ3n) is 5.21. The fourth-order valence-electron chi connectivity index (χ4n) is 3.53. The highest BCUT2D eigenvalue weighted by atomic mass is 32.2. The van der Waals surface area contributed by atoms with E-state index in [9.17, 15) is 18.5 Å². The van der Waals surface area contributed by atoms with Gasteiger partial charge in [-0.15, -0.1) is 0 Å². The molecule has 0 aliphatic rings. The van der Waals surface area contributed by atoms with Crippen molar-refractivity contribution >= 4 is 39.3 Å². The number of pyridine rings is 1. The van der Waals surface area contributed by atoms with Gasteiger partial charge in [0.25, 0.3) is 10.0 Å². The molecule has 3 rings (SSSR count). The molecule has 0 aliphatic heterocycles. The largest absolute Gasteiger partial charge is 0.325 e. The van der Waals surface area contributed by atoms with Gasteiger partial charge in [0.05, 0.1) is 15.7 Å². The third kappa shape index (κ3) is 7.74. The maximum absolute atomic E-state index is 13.0. The molecule has 3 aromatic rings. The Morgan fingerprint density at radius 2 is 1.70 bits per heavy atom. The lowest BCUT2D eigenvalue weighted by Gasteiger charge is -2.16. The quantitative estimate of drug-likeness (QED) is 0.349. The normalized spacial score (nSPS) is 12.1. The van der Waals surface area contributed by atoms with Crippen molar-refractivity contribution in [3.63, 3.8) is 0 Å². The molecule has 1 atom stereocenters. The zero-order valence-corrected chi connectivity index (χ0v) is 23.1. The number of amides is 1. The first kappa shape index (κ1) is 28.1. The minimum Gasteiger partial charge on any atom is -0.325 e. The summed E-state index contributed by atoms with van der Waals surface area (Å²) in [5.41, 5.74) is 3.06. The van der Waals surface area contributed by atoms with Crippen LogP contribution in [0.2, 0.25) is 0 Å². The average Bonchev–Trinajstić information content (AvgIpc) is 2.81. The van der Waals surface area contributed by atoms with Crippen LogP contribution in [-0.4, -0.2) is 34.5 Å². The molecule has 0 spiro atoms. The van der Waals surface area contributed by atoms with E-state index < -0.39 is 15.3 Å². The number of anilines is 2. The number of hydrogen-bond acceptors (Lipinski definition) is 8. The number of carbonyl (C=O) groups excluding carboxylic acids is 1. The molecule has 0 fully saturated rings. The van der Waals surface area contributed by atoms with Crippen molar-refractivity contribution in [3.05, 3.63) is 65.1 Å². The molecule has 0 saturated heterocycles. The molecule has 0 radical (unpaired) electrons. The van der Waals surface area contributed by atoms with E-state index in [0.29, 0.717) is 40.0 Å². The van der Waals surface area contributed by atoms with Crippen molar-refractivity contribution in [2.45, 2.75) is 62.6 Å². The Labute approximate surface area is 222 Å². The second-order valence-electron chi connectivity index (χ2n) is 8.97. The predicted octanol–water partition coefficient (Wildman–Crippen LogP) is 4.87. The number of carbonyl (C=O) groups is 1. The van der Waals surface area contributed by atoms with E-state index >= 15 is 0 Å². The second-order valence-corrected chi connectivity index (χ2v) is 11.8. The molecule has 0 aliphatic carbocycles. The van der Waals surface area contributed by atoms with Crippen LogP contribution >= 0.6 is 11.8 Å². The summed E-state index contributed by atoms with van der Waals surface area (Å²) in [6, 6.07) is 13.3. The van der Waals surface area contributed by atoms with Gasteiger partial charge in [0, 0.05) is 22.8 Å². The Kier molecular flexibility index (Phi) is 9.23. The SMILES string of the molecule is CCC(Sc1nc(CC(C)C)ccc1C#N)C(=O)Nc1ccc(S(=O)(=O)Nc2nc(C)cc(C)n2)cc1. The molecule has 37 heavy (non-hydrogen) atoms. The Balaban J connectivity index is 1.71. The first-order chi connectivity index (χ1) is 17.5. The number of aryl methyl sites for hydroxylation is 2. The number of hydrogen-bond donors (Lipinski definition) is 2. The van der Waals surface area contributed by atoms with Crippen molar-refractivity contribution in [2.24, 2.45) is 5.92 Å². The van der Waals surface area contributed by atoms with Crippen LogP contribution in [0, 0.1) is 31.1 Å². The molecule has 2 N–H and O–H groups in total. The number of aromatic nitrogens is 3. The summed E-state index contributed by atoms with van der Waals surface area (Å²) in [7, 11) is -3.91. The van der Waals surface area contributed by atoms with Gasteiger partial charge in [-0.25, -0.2) is 28.1 Å². The topological polar surface area (TPSA) is 138 Å². The van der Waals surface area contributed by atoms with Crippen molar-refractivity contribution in [3.8, 4) is 6.07 Å². The molecular formula is C26H30N6O3S2. The molecule has 11 heteroatoms. The molecule has 1 aromatic carbocycles. The van der Waals surface area contributed by atoms with E-state index in [-0.39, 0.29) is 16.8 Å². The molecule has 2 aromatic heterocycles. The van der Waals surface area contributed by atoms with Crippen LogP contribution in [0.15, 0.2) is 52.4 Å². The number of nitriles is 1. The zero-order chi connectivity index (χ0) is 27.2. The molecule has 194 valence electrons. The lowest BCUT2D eigenvalue weighted by molar-refractivity contribution is -0.115. The molecule has 0 bridgehead atoms. The summed E-state index contributed by atoms with van der Waals surface area (Å²) in [4.78, 5) is 25.9. The van der Waals surface area contributed by atoms with Crippen molar-refractivity contribution < 1.29 is 13.2 Å². The highest BCUT2D eigenvalue weighted by Crippen LogP contribution is 2.29. The number of benzene rings is 1. The monoisotopic (exact) mass is 538 g/mol. The maximum atomic E-state index is 13.0. The van der Waals surface area contributed by atoms with Gasteiger partial charge < -0.3 is 5.32 Å². The number of sulfonamides is 1. The van der Waals surface area contributed by atoms with Crippen LogP contribution in [0.3, 0.4) is 0 Å². The summed E-state index contributed by atoms with van der Waals surface area (Å²) in [6.45, 7) is 9.59. The zero-order valence-electron chi connectivity index (χ0n) is 21.4. The maximum Gasteiger partial charge on any atom is 0.264 e. The molecule has 2 heterocycles. The standard InChI is InChI=1S/C26H30N6O3S2/c1-6-23(36-25-19(15-27)7-8-21(31-25)13-16(2)3)24(33)30-20-9-11-22(12-10-20)37(34,35)32-26-28-17(4)14-18(5)29-26/h7-12,14,16,23H,6,13H2,1-5H3,(H,30,33)(H,28,29,32). The Bertz CT molecular complexity index is 1400. The Morgan fingerprint density at radius 1 is 1.05 bits per heavy atom. The summed E-state index contributed by atoms with van der Waals surface area (Å²) in [5, 5.41) is 12.4. The number of rotatable bonds is 10.